The fraction of sp³-hybridized carbons (Fsp3) is 0.200. The summed E-state index contributed by atoms with van der Waals surface area (Å²) >= 11 is 0. The van der Waals surface area contributed by atoms with Crippen LogP contribution in [-0.4, -0.2) is 20.6 Å². The Morgan fingerprint density at radius 2 is 2.50 bits per heavy atom. The summed E-state index contributed by atoms with van der Waals surface area (Å²) in [5, 5.41) is 8.24. The zero-order chi connectivity index (χ0) is 7.56. The van der Waals surface area contributed by atoms with Crippen LogP contribution in [0.3, 0.4) is 0 Å². The van der Waals surface area contributed by atoms with E-state index in [0.29, 0.717) is 0 Å². The second-order valence-corrected chi connectivity index (χ2v) is 1.79. The third kappa shape index (κ3) is 1.25. The third-order valence-electron chi connectivity index (χ3n) is 1.03. The van der Waals surface area contributed by atoms with Crippen molar-refractivity contribution in [2.45, 2.75) is 6.54 Å². The topological polar surface area (TPSA) is 75.1 Å². The summed E-state index contributed by atoms with van der Waals surface area (Å²) in [5.41, 5.74) is -0.401. The van der Waals surface area contributed by atoms with Gasteiger partial charge in [-0.2, -0.15) is 0 Å². The van der Waals surface area contributed by atoms with E-state index in [4.69, 9.17) is 5.11 Å². The molecule has 0 atom stereocenters. The van der Waals surface area contributed by atoms with E-state index in [1.165, 1.54) is 12.4 Å². The maximum absolute atomic E-state index is 10.6. The molecule has 2 N–H and O–H groups in total. The predicted octanol–water partition coefficient (Wildman–Crippen LogP) is -0.739. The van der Waals surface area contributed by atoms with E-state index in [1.54, 1.807) is 0 Å². The van der Waals surface area contributed by atoms with Crippen LogP contribution in [0.15, 0.2) is 17.2 Å². The number of carbonyl (C=O) groups is 1. The summed E-state index contributed by atoms with van der Waals surface area (Å²) in [4.78, 5) is 23.0. The molecule has 0 saturated heterocycles. The largest absolute Gasteiger partial charge is 0.480 e. The van der Waals surface area contributed by atoms with Crippen molar-refractivity contribution in [3.8, 4) is 0 Å². The number of nitrogens with zero attached hydrogens (tertiary/aromatic N) is 1. The minimum atomic E-state index is -1.03. The van der Waals surface area contributed by atoms with E-state index in [2.05, 4.69) is 4.98 Å². The first-order valence-corrected chi connectivity index (χ1v) is 2.66. The van der Waals surface area contributed by atoms with Gasteiger partial charge < -0.3 is 10.1 Å². The summed E-state index contributed by atoms with van der Waals surface area (Å²) in [6.07, 6.45) is 2.78. The first-order valence-electron chi connectivity index (χ1n) is 2.66. The summed E-state index contributed by atoms with van der Waals surface area (Å²) in [5.74, 6) is -1.03. The van der Waals surface area contributed by atoms with Gasteiger partial charge >= 0.3 is 11.7 Å². The van der Waals surface area contributed by atoms with Gasteiger partial charge in [0.05, 0.1) is 0 Å². The number of aliphatic carboxylic acids is 1. The van der Waals surface area contributed by atoms with Crippen molar-refractivity contribution < 1.29 is 9.90 Å². The number of nitrogens with one attached hydrogen (secondary N) is 1. The molecule has 1 heterocycles. The molecule has 0 aliphatic heterocycles. The van der Waals surface area contributed by atoms with E-state index >= 15 is 0 Å². The monoisotopic (exact) mass is 142 g/mol. The Kier molecular flexibility index (Phi) is 1.57. The Balaban J connectivity index is 2.85. The van der Waals surface area contributed by atoms with Crippen LogP contribution in [0.25, 0.3) is 0 Å². The minimum absolute atomic E-state index is 0.289. The van der Waals surface area contributed by atoms with Gasteiger partial charge in [-0.1, -0.05) is 0 Å². The number of hydrogen-bond donors (Lipinski definition) is 2. The first-order chi connectivity index (χ1) is 4.70. The predicted molar refractivity (Wildman–Crippen MR) is 32.7 cm³/mol. The third-order valence-corrected chi connectivity index (χ3v) is 1.03. The van der Waals surface area contributed by atoms with E-state index in [-0.39, 0.29) is 6.54 Å². The SMILES string of the molecule is O=C(O)Cn1cc[nH]c1=O. The highest BCUT2D eigenvalue weighted by molar-refractivity contribution is 5.66. The lowest BCUT2D eigenvalue weighted by molar-refractivity contribution is -0.137. The van der Waals surface area contributed by atoms with Crippen LogP contribution in [-0.2, 0) is 11.3 Å². The zero-order valence-electron chi connectivity index (χ0n) is 5.07. The fourth-order valence-electron chi connectivity index (χ4n) is 0.619. The van der Waals surface area contributed by atoms with Gasteiger partial charge in [0, 0.05) is 12.4 Å². The highest BCUT2D eigenvalue weighted by Crippen LogP contribution is 1.77. The van der Waals surface area contributed by atoms with E-state index in [0.717, 1.165) is 4.57 Å². The molecule has 54 valence electrons. The highest BCUT2D eigenvalue weighted by Gasteiger charge is 1.99. The summed E-state index contributed by atoms with van der Waals surface area (Å²) in [6.45, 7) is -0.289. The van der Waals surface area contributed by atoms with Crippen molar-refractivity contribution >= 4 is 5.97 Å². The summed E-state index contributed by atoms with van der Waals surface area (Å²) in [7, 11) is 0. The molecular weight excluding hydrogens is 136 g/mol. The van der Waals surface area contributed by atoms with Crippen LogP contribution in [0.4, 0.5) is 0 Å². The van der Waals surface area contributed by atoms with Gasteiger partial charge in [-0.3, -0.25) is 9.36 Å². The second kappa shape index (κ2) is 2.38. The van der Waals surface area contributed by atoms with E-state index < -0.39 is 11.7 Å². The van der Waals surface area contributed by atoms with E-state index in [9.17, 15) is 9.59 Å². The summed E-state index contributed by atoms with van der Waals surface area (Å²) < 4.78 is 1.07. The number of rotatable bonds is 2. The van der Waals surface area contributed by atoms with Crippen LogP contribution in [0.1, 0.15) is 0 Å². The first kappa shape index (κ1) is 6.60. The number of H-pyrrole nitrogens is 1. The van der Waals surface area contributed by atoms with Gasteiger partial charge in [0.1, 0.15) is 6.54 Å². The number of carboxylic acids is 1. The Hall–Kier alpha value is -1.52. The molecule has 1 aromatic rings. The van der Waals surface area contributed by atoms with Gasteiger partial charge in [0.25, 0.3) is 0 Å². The van der Waals surface area contributed by atoms with Crippen LogP contribution < -0.4 is 5.69 Å². The molecule has 5 heteroatoms. The quantitative estimate of drug-likeness (QED) is 0.571. The van der Waals surface area contributed by atoms with Crippen molar-refractivity contribution in [3.05, 3.63) is 22.9 Å². The molecule has 0 aliphatic carbocycles. The molecule has 1 rings (SSSR count). The summed E-state index contributed by atoms with van der Waals surface area (Å²) in [6, 6.07) is 0. The molecular formula is C5H6N2O3. The molecule has 10 heavy (non-hydrogen) atoms. The van der Waals surface area contributed by atoms with E-state index in [1.807, 2.05) is 0 Å². The van der Waals surface area contributed by atoms with Crippen LogP contribution in [0.2, 0.25) is 0 Å². The average Bonchev–Trinajstić information content (AvgIpc) is 2.15. The van der Waals surface area contributed by atoms with Crippen LogP contribution in [0, 0.1) is 0 Å². The van der Waals surface area contributed by atoms with Crippen molar-refractivity contribution in [2.75, 3.05) is 0 Å². The smallest absolute Gasteiger partial charge is 0.326 e. The normalized spacial score (nSPS) is 9.60. The molecule has 0 aliphatic rings. The van der Waals surface area contributed by atoms with Gasteiger partial charge in [-0.05, 0) is 0 Å². The number of imidazole rings is 1. The Bertz CT molecular complexity index is 285. The standard InChI is InChI=1S/C5H6N2O3/c8-4(9)3-7-2-1-6-5(7)10/h1-2H,3H2,(H,6,10)(H,8,9). The molecule has 0 saturated carbocycles. The Morgan fingerprint density at radius 3 is 2.90 bits per heavy atom. The molecule has 0 aromatic carbocycles. The number of carboxylic acid groups (broad SMARTS) is 1. The van der Waals surface area contributed by atoms with Crippen molar-refractivity contribution in [1.29, 1.82) is 0 Å². The molecule has 0 amide bonds. The molecule has 1 aromatic heterocycles. The Morgan fingerprint density at radius 1 is 1.80 bits per heavy atom. The fourth-order valence-corrected chi connectivity index (χ4v) is 0.619. The number of hydrogen-bond acceptors (Lipinski definition) is 2. The van der Waals surface area contributed by atoms with Crippen LogP contribution >= 0.6 is 0 Å². The van der Waals surface area contributed by atoms with Crippen molar-refractivity contribution in [2.24, 2.45) is 0 Å². The lowest BCUT2D eigenvalue weighted by Crippen LogP contribution is -2.20. The lowest BCUT2D eigenvalue weighted by atomic mass is 10.6. The Labute approximate surface area is 55.9 Å². The minimum Gasteiger partial charge on any atom is -0.480 e. The average molecular weight is 142 g/mol. The highest BCUT2D eigenvalue weighted by atomic mass is 16.4. The number of aromatic nitrogens is 2. The maximum atomic E-state index is 10.6. The van der Waals surface area contributed by atoms with Gasteiger partial charge in [0.2, 0.25) is 0 Å². The molecule has 0 radical (unpaired) electrons. The van der Waals surface area contributed by atoms with Gasteiger partial charge in [0.15, 0.2) is 0 Å². The van der Waals surface area contributed by atoms with Crippen molar-refractivity contribution in [1.82, 2.24) is 9.55 Å². The lowest BCUT2D eigenvalue weighted by Gasteiger charge is -1.91. The van der Waals surface area contributed by atoms with Crippen LogP contribution in [0.5, 0.6) is 0 Å². The maximum Gasteiger partial charge on any atom is 0.326 e. The molecule has 0 unspecified atom stereocenters. The molecule has 0 bridgehead atoms. The molecule has 0 spiro atoms. The van der Waals surface area contributed by atoms with Gasteiger partial charge in [-0.15, -0.1) is 0 Å². The number of aromatic amines is 1. The molecule has 5 nitrogen and oxygen atoms in total. The zero-order valence-corrected chi connectivity index (χ0v) is 5.07. The van der Waals surface area contributed by atoms with Gasteiger partial charge in [-0.25, -0.2) is 4.79 Å². The van der Waals surface area contributed by atoms with Crippen molar-refractivity contribution in [3.63, 3.8) is 0 Å². The molecule has 0 fully saturated rings. The second-order valence-electron chi connectivity index (χ2n) is 1.79.